The Hall–Kier alpha value is -2.15. The van der Waals surface area contributed by atoms with Gasteiger partial charge < -0.3 is 9.30 Å². The van der Waals surface area contributed by atoms with Crippen LogP contribution in [0.3, 0.4) is 0 Å². The number of nitrogens with zero attached hydrogens (tertiary/aromatic N) is 1. The van der Waals surface area contributed by atoms with Crippen molar-refractivity contribution in [1.82, 2.24) is 4.57 Å². The molecular formula is C19H16INO3. The Labute approximate surface area is 153 Å². The molecule has 0 aliphatic carbocycles. The fourth-order valence-electron chi connectivity index (χ4n) is 2.84. The summed E-state index contributed by atoms with van der Waals surface area (Å²) >= 11 is 2.24. The minimum atomic E-state index is -0.623. The van der Waals surface area contributed by atoms with E-state index in [9.17, 15) is 9.59 Å². The maximum Gasteiger partial charge on any atom is 0.343 e. The molecule has 2 aromatic carbocycles. The molecule has 122 valence electrons. The fourth-order valence-corrected chi connectivity index (χ4v) is 3.20. The first-order valence-corrected chi connectivity index (χ1v) is 8.51. The van der Waals surface area contributed by atoms with Gasteiger partial charge >= 0.3 is 5.97 Å². The number of ether oxygens (including phenoxy) is 1. The second-order valence-corrected chi connectivity index (χ2v) is 6.88. The third-order valence-electron chi connectivity index (χ3n) is 4.07. The molecule has 0 atom stereocenters. The Morgan fingerprint density at radius 3 is 2.29 bits per heavy atom. The van der Waals surface area contributed by atoms with Crippen molar-refractivity contribution in [2.24, 2.45) is 0 Å². The summed E-state index contributed by atoms with van der Waals surface area (Å²) in [6.07, 6.45) is 1.57. The first kappa shape index (κ1) is 16.7. The van der Waals surface area contributed by atoms with Gasteiger partial charge in [0.2, 0.25) is 5.43 Å². The molecule has 0 radical (unpaired) electrons. The van der Waals surface area contributed by atoms with Crippen molar-refractivity contribution in [2.75, 3.05) is 7.11 Å². The number of carbonyl (C=O) groups excluding carboxylic acids is 1. The van der Waals surface area contributed by atoms with E-state index >= 15 is 0 Å². The van der Waals surface area contributed by atoms with Gasteiger partial charge in [-0.05, 0) is 71.8 Å². The van der Waals surface area contributed by atoms with Crippen LogP contribution in [0.4, 0.5) is 0 Å². The van der Waals surface area contributed by atoms with Gasteiger partial charge in [0.1, 0.15) is 5.56 Å². The monoisotopic (exact) mass is 433 g/mol. The summed E-state index contributed by atoms with van der Waals surface area (Å²) in [5, 5.41) is 0.552. The van der Waals surface area contributed by atoms with Gasteiger partial charge in [0.25, 0.3) is 0 Å². The lowest BCUT2D eigenvalue weighted by Crippen LogP contribution is -2.20. The SMILES string of the molecule is COC(=O)c1cn(-c2ccc(I)cc2)c2c(C)ccc(C)c2c1=O. The standard InChI is InChI=1S/C19H16INO3/c1-11-4-5-12(2)17-16(11)18(22)15(19(23)24-3)10-21(17)14-8-6-13(20)7-9-14/h4-10H,1-3H3. The van der Waals surface area contributed by atoms with Crippen LogP contribution in [0.15, 0.2) is 47.4 Å². The molecule has 5 heteroatoms. The molecule has 3 rings (SSSR count). The largest absolute Gasteiger partial charge is 0.465 e. The molecule has 0 fully saturated rings. The van der Waals surface area contributed by atoms with Crippen LogP contribution in [0.2, 0.25) is 0 Å². The second-order valence-electron chi connectivity index (χ2n) is 5.63. The van der Waals surface area contributed by atoms with Gasteiger partial charge in [-0.15, -0.1) is 0 Å². The van der Waals surface area contributed by atoms with Crippen LogP contribution in [0, 0.1) is 17.4 Å². The number of carbonyl (C=O) groups is 1. The number of aromatic nitrogens is 1. The van der Waals surface area contributed by atoms with Crippen LogP contribution in [0.1, 0.15) is 21.5 Å². The van der Waals surface area contributed by atoms with Crippen LogP contribution >= 0.6 is 22.6 Å². The summed E-state index contributed by atoms with van der Waals surface area (Å²) in [6, 6.07) is 11.8. The lowest BCUT2D eigenvalue weighted by molar-refractivity contribution is 0.0599. The number of hydrogen-bond acceptors (Lipinski definition) is 3. The molecule has 0 unspecified atom stereocenters. The number of hydrogen-bond donors (Lipinski definition) is 0. The van der Waals surface area contributed by atoms with Gasteiger partial charge in [-0.1, -0.05) is 12.1 Å². The van der Waals surface area contributed by atoms with Crippen LogP contribution in [-0.2, 0) is 4.74 Å². The van der Waals surface area contributed by atoms with Crippen molar-refractivity contribution >= 4 is 39.5 Å². The quantitative estimate of drug-likeness (QED) is 0.454. The number of aryl methyl sites for hydroxylation is 2. The average Bonchev–Trinajstić information content (AvgIpc) is 2.58. The van der Waals surface area contributed by atoms with E-state index in [0.717, 1.165) is 25.9 Å². The zero-order chi connectivity index (χ0) is 17.4. The number of methoxy groups -OCH3 is 1. The van der Waals surface area contributed by atoms with Crippen molar-refractivity contribution in [3.63, 3.8) is 0 Å². The zero-order valence-corrected chi connectivity index (χ0v) is 15.7. The Kier molecular flexibility index (Phi) is 4.45. The van der Waals surface area contributed by atoms with E-state index in [0.29, 0.717) is 5.39 Å². The maximum atomic E-state index is 12.8. The molecule has 0 saturated heterocycles. The number of halogens is 1. The molecule has 0 saturated carbocycles. The van der Waals surface area contributed by atoms with E-state index in [2.05, 4.69) is 22.6 Å². The van der Waals surface area contributed by atoms with E-state index in [1.807, 2.05) is 54.8 Å². The number of esters is 1. The van der Waals surface area contributed by atoms with Crippen LogP contribution in [0.25, 0.3) is 16.6 Å². The van der Waals surface area contributed by atoms with Gasteiger partial charge in [-0.2, -0.15) is 0 Å². The summed E-state index contributed by atoms with van der Waals surface area (Å²) in [7, 11) is 1.28. The highest BCUT2D eigenvalue weighted by molar-refractivity contribution is 14.1. The Balaban J connectivity index is 2.49. The predicted octanol–water partition coefficient (Wildman–Crippen LogP) is 4.00. The molecule has 24 heavy (non-hydrogen) atoms. The molecule has 0 N–H and O–H groups in total. The van der Waals surface area contributed by atoms with E-state index in [1.165, 1.54) is 7.11 Å². The van der Waals surface area contributed by atoms with Crippen LogP contribution in [-0.4, -0.2) is 17.6 Å². The molecule has 1 aromatic heterocycles. The van der Waals surface area contributed by atoms with Crippen molar-refractivity contribution < 1.29 is 9.53 Å². The first-order valence-electron chi connectivity index (χ1n) is 7.44. The molecule has 0 amide bonds. The normalized spacial score (nSPS) is 10.8. The number of pyridine rings is 1. The van der Waals surface area contributed by atoms with Crippen LogP contribution < -0.4 is 5.43 Å². The lowest BCUT2D eigenvalue weighted by Gasteiger charge is -2.16. The van der Waals surface area contributed by atoms with Gasteiger partial charge in [0, 0.05) is 15.5 Å². The topological polar surface area (TPSA) is 48.3 Å². The summed E-state index contributed by atoms with van der Waals surface area (Å²) in [5.74, 6) is -0.623. The molecule has 0 aliphatic heterocycles. The molecule has 0 aliphatic rings. The fraction of sp³-hybridized carbons (Fsp3) is 0.158. The molecule has 0 bridgehead atoms. The first-order chi connectivity index (χ1) is 11.4. The Morgan fingerprint density at radius 1 is 1.04 bits per heavy atom. The second kappa shape index (κ2) is 6.39. The predicted molar refractivity (Wildman–Crippen MR) is 103 cm³/mol. The van der Waals surface area contributed by atoms with E-state index in [1.54, 1.807) is 6.20 Å². The third-order valence-corrected chi connectivity index (χ3v) is 4.79. The molecule has 0 spiro atoms. The van der Waals surface area contributed by atoms with Gasteiger partial charge in [-0.25, -0.2) is 4.79 Å². The van der Waals surface area contributed by atoms with Gasteiger partial charge in [0.05, 0.1) is 18.0 Å². The minimum absolute atomic E-state index is 0.0391. The van der Waals surface area contributed by atoms with Gasteiger partial charge in [0.15, 0.2) is 0 Å². The van der Waals surface area contributed by atoms with Crippen LogP contribution in [0.5, 0.6) is 0 Å². The number of fused-ring (bicyclic) bond motifs is 1. The minimum Gasteiger partial charge on any atom is -0.465 e. The number of benzene rings is 2. The summed E-state index contributed by atoms with van der Waals surface area (Å²) in [5.41, 5.74) is 3.26. The summed E-state index contributed by atoms with van der Waals surface area (Å²) in [4.78, 5) is 24.9. The molecule has 3 aromatic rings. The van der Waals surface area contributed by atoms with E-state index < -0.39 is 5.97 Å². The maximum absolute atomic E-state index is 12.8. The highest BCUT2D eigenvalue weighted by Gasteiger charge is 2.19. The average molecular weight is 433 g/mol. The summed E-state index contributed by atoms with van der Waals surface area (Å²) < 4.78 is 7.80. The van der Waals surface area contributed by atoms with Crippen molar-refractivity contribution in [3.05, 3.63) is 73.1 Å². The lowest BCUT2D eigenvalue weighted by atomic mass is 10.0. The van der Waals surface area contributed by atoms with E-state index in [-0.39, 0.29) is 11.0 Å². The van der Waals surface area contributed by atoms with Crippen molar-refractivity contribution in [3.8, 4) is 5.69 Å². The summed E-state index contributed by atoms with van der Waals surface area (Å²) in [6.45, 7) is 3.84. The van der Waals surface area contributed by atoms with Crippen molar-refractivity contribution in [1.29, 1.82) is 0 Å². The van der Waals surface area contributed by atoms with Crippen molar-refractivity contribution in [2.45, 2.75) is 13.8 Å². The molecule has 1 heterocycles. The molecule has 4 nitrogen and oxygen atoms in total. The van der Waals surface area contributed by atoms with E-state index in [4.69, 9.17) is 4.74 Å². The third kappa shape index (κ3) is 2.73. The highest BCUT2D eigenvalue weighted by Crippen LogP contribution is 2.24. The Morgan fingerprint density at radius 2 is 1.67 bits per heavy atom. The number of rotatable bonds is 2. The van der Waals surface area contributed by atoms with Gasteiger partial charge in [-0.3, -0.25) is 4.79 Å². The highest BCUT2D eigenvalue weighted by atomic mass is 127. The smallest absolute Gasteiger partial charge is 0.343 e. The zero-order valence-electron chi connectivity index (χ0n) is 13.6. The Bertz CT molecular complexity index is 1000. The molecular weight excluding hydrogens is 417 g/mol.